The zero-order chi connectivity index (χ0) is 19.3. The van der Waals surface area contributed by atoms with Crippen molar-refractivity contribution in [1.29, 1.82) is 0 Å². The standard InChI is InChI=1S/C20H31N3O3/c1-14(24)21-17-9-10-23(13-17)12-16-7-5-15(6-8-16)11-18(20(2,3)4)22-19(25)26/h5-8,17-18,22H,9-13H2,1-4H3,(H,21,24)(H,25,26). The van der Waals surface area contributed by atoms with Gasteiger partial charge in [-0.2, -0.15) is 0 Å². The second kappa shape index (κ2) is 8.54. The van der Waals surface area contributed by atoms with Crippen molar-refractivity contribution in [2.45, 2.75) is 59.2 Å². The van der Waals surface area contributed by atoms with E-state index in [1.165, 1.54) is 5.56 Å². The second-order valence-electron chi connectivity index (χ2n) is 8.31. The minimum atomic E-state index is -0.982. The smallest absolute Gasteiger partial charge is 0.404 e. The summed E-state index contributed by atoms with van der Waals surface area (Å²) >= 11 is 0. The van der Waals surface area contributed by atoms with Crippen LogP contribution in [0.25, 0.3) is 0 Å². The van der Waals surface area contributed by atoms with Gasteiger partial charge in [-0.3, -0.25) is 9.69 Å². The molecule has 2 atom stereocenters. The minimum absolute atomic E-state index is 0.0320. The van der Waals surface area contributed by atoms with Gasteiger partial charge in [0.1, 0.15) is 0 Å². The first-order chi connectivity index (χ1) is 12.1. The molecule has 6 heteroatoms. The van der Waals surface area contributed by atoms with Crippen LogP contribution in [-0.2, 0) is 17.8 Å². The Hall–Kier alpha value is -2.08. The normalized spacial score (nSPS) is 19.2. The molecule has 144 valence electrons. The summed E-state index contributed by atoms with van der Waals surface area (Å²) in [4.78, 5) is 24.5. The van der Waals surface area contributed by atoms with Crippen molar-refractivity contribution >= 4 is 12.0 Å². The number of carbonyl (C=O) groups is 2. The Morgan fingerprint density at radius 1 is 1.23 bits per heavy atom. The highest BCUT2D eigenvalue weighted by atomic mass is 16.4. The van der Waals surface area contributed by atoms with Crippen molar-refractivity contribution in [3.8, 4) is 0 Å². The fourth-order valence-electron chi connectivity index (χ4n) is 3.38. The molecule has 1 aliphatic rings. The quantitative estimate of drug-likeness (QED) is 0.727. The van der Waals surface area contributed by atoms with Crippen molar-refractivity contribution in [3.05, 3.63) is 35.4 Å². The Morgan fingerprint density at radius 3 is 2.38 bits per heavy atom. The highest BCUT2D eigenvalue weighted by Gasteiger charge is 2.26. The summed E-state index contributed by atoms with van der Waals surface area (Å²) in [5.41, 5.74) is 2.21. The lowest BCUT2D eigenvalue weighted by atomic mass is 9.83. The molecule has 2 amide bonds. The van der Waals surface area contributed by atoms with E-state index in [0.717, 1.165) is 31.6 Å². The molecule has 1 saturated heterocycles. The largest absolute Gasteiger partial charge is 0.465 e. The van der Waals surface area contributed by atoms with Crippen LogP contribution in [0.3, 0.4) is 0 Å². The number of hydrogen-bond donors (Lipinski definition) is 3. The Balaban J connectivity index is 1.91. The third-order valence-corrected chi connectivity index (χ3v) is 4.89. The SMILES string of the molecule is CC(=O)NC1CCN(Cc2ccc(CC(NC(=O)O)C(C)(C)C)cc2)C1. The number of carbonyl (C=O) groups excluding carboxylic acids is 1. The van der Waals surface area contributed by atoms with E-state index in [4.69, 9.17) is 5.11 Å². The summed E-state index contributed by atoms with van der Waals surface area (Å²) in [6, 6.07) is 8.50. The van der Waals surface area contributed by atoms with Crippen LogP contribution in [-0.4, -0.2) is 47.2 Å². The predicted octanol–water partition coefficient (Wildman–Crippen LogP) is 2.62. The lowest BCUT2D eigenvalue weighted by Gasteiger charge is -2.30. The molecular formula is C20H31N3O3. The summed E-state index contributed by atoms with van der Waals surface area (Å²) in [6.45, 7) is 10.4. The van der Waals surface area contributed by atoms with E-state index >= 15 is 0 Å². The van der Waals surface area contributed by atoms with Gasteiger partial charge in [-0.05, 0) is 29.4 Å². The molecule has 1 aromatic rings. The first-order valence-electron chi connectivity index (χ1n) is 9.20. The van der Waals surface area contributed by atoms with E-state index in [0.29, 0.717) is 6.42 Å². The van der Waals surface area contributed by atoms with E-state index in [1.807, 2.05) is 20.8 Å². The number of nitrogens with zero attached hydrogens (tertiary/aromatic N) is 1. The summed E-state index contributed by atoms with van der Waals surface area (Å²) in [7, 11) is 0. The van der Waals surface area contributed by atoms with Gasteiger partial charge >= 0.3 is 6.09 Å². The van der Waals surface area contributed by atoms with Gasteiger partial charge < -0.3 is 15.7 Å². The number of rotatable bonds is 6. The van der Waals surface area contributed by atoms with Gasteiger partial charge in [0.15, 0.2) is 0 Å². The molecular weight excluding hydrogens is 330 g/mol. The highest BCUT2D eigenvalue weighted by Crippen LogP contribution is 2.23. The van der Waals surface area contributed by atoms with Crippen LogP contribution < -0.4 is 10.6 Å². The van der Waals surface area contributed by atoms with Crippen LogP contribution in [0, 0.1) is 5.41 Å². The van der Waals surface area contributed by atoms with Crippen molar-refractivity contribution in [1.82, 2.24) is 15.5 Å². The zero-order valence-corrected chi connectivity index (χ0v) is 16.2. The summed E-state index contributed by atoms with van der Waals surface area (Å²) in [5.74, 6) is 0.0320. The van der Waals surface area contributed by atoms with Crippen LogP contribution >= 0.6 is 0 Å². The molecule has 1 heterocycles. The van der Waals surface area contributed by atoms with Crippen LogP contribution in [0.5, 0.6) is 0 Å². The van der Waals surface area contributed by atoms with Crippen molar-refractivity contribution in [2.24, 2.45) is 5.41 Å². The fraction of sp³-hybridized carbons (Fsp3) is 0.600. The molecule has 0 aromatic heterocycles. The maximum atomic E-state index is 11.2. The van der Waals surface area contributed by atoms with E-state index in [2.05, 4.69) is 39.8 Å². The van der Waals surface area contributed by atoms with Crippen LogP contribution in [0.15, 0.2) is 24.3 Å². The van der Waals surface area contributed by atoms with Gasteiger partial charge in [-0.1, -0.05) is 45.0 Å². The molecule has 2 rings (SSSR count). The number of likely N-dealkylation sites (tertiary alicyclic amines) is 1. The Kier molecular flexibility index (Phi) is 6.64. The number of nitrogens with one attached hydrogen (secondary N) is 2. The third-order valence-electron chi connectivity index (χ3n) is 4.89. The molecule has 1 aliphatic heterocycles. The first kappa shape index (κ1) is 20.2. The summed E-state index contributed by atoms with van der Waals surface area (Å²) in [6.07, 6.45) is 0.681. The van der Waals surface area contributed by atoms with E-state index < -0.39 is 6.09 Å². The zero-order valence-electron chi connectivity index (χ0n) is 16.2. The molecule has 0 aliphatic carbocycles. The van der Waals surface area contributed by atoms with Crippen molar-refractivity contribution in [3.63, 3.8) is 0 Å². The van der Waals surface area contributed by atoms with Crippen molar-refractivity contribution < 1.29 is 14.7 Å². The van der Waals surface area contributed by atoms with Gasteiger partial charge in [0.25, 0.3) is 0 Å². The lowest BCUT2D eigenvalue weighted by Crippen LogP contribution is -2.44. The van der Waals surface area contributed by atoms with Crippen LogP contribution in [0.2, 0.25) is 0 Å². The van der Waals surface area contributed by atoms with Gasteiger partial charge in [-0.25, -0.2) is 4.79 Å². The van der Waals surface area contributed by atoms with Gasteiger partial charge in [0.05, 0.1) is 0 Å². The molecule has 0 spiro atoms. The average molecular weight is 361 g/mol. The number of amides is 2. The average Bonchev–Trinajstić information content (AvgIpc) is 2.93. The van der Waals surface area contributed by atoms with Crippen molar-refractivity contribution in [2.75, 3.05) is 13.1 Å². The predicted molar refractivity (Wildman–Crippen MR) is 102 cm³/mol. The first-order valence-corrected chi connectivity index (χ1v) is 9.20. The van der Waals surface area contributed by atoms with Gasteiger partial charge in [0.2, 0.25) is 5.91 Å². The molecule has 1 aromatic carbocycles. The molecule has 3 N–H and O–H groups in total. The third kappa shape index (κ3) is 6.33. The van der Waals surface area contributed by atoms with Gasteiger partial charge in [0, 0.05) is 38.6 Å². The highest BCUT2D eigenvalue weighted by molar-refractivity contribution is 5.73. The molecule has 26 heavy (non-hydrogen) atoms. The summed E-state index contributed by atoms with van der Waals surface area (Å²) in [5, 5.41) is 14.7. The number of benzene rings is 1. The number of carboxylic acid groups (broad SMARTS) is 1. The topological polar surface area (TPSA) is 81.7 Å². The molecule has 0 radical (unpaired) electrons. The second-order valence-corrected chi connectivity index (χ2v) is 8.31. The maximum absolute atomic E-state index is 11.2. The Morgan fingerprint density at radius 2 is 1.85 bits per heavy atom. The van der Waals surface area contributed by atoms with Crippen LogP contribution in [0.4, 0.5) is 4.79 Å². The molecule has 0 saturated carbocycles. The van der Waals surface area contributed by atoms with E-state index in [9.17, 15) is 9.59 Å². The van der Waals surface area contributed by atoms with E-state index in [-0.39, 0.29) is 23.4 Å². The lowest BCUT2D eigenvalue weighted by molar-refractivity contribution is -0.119. The number of hydrogen-bond acceptors (Lipinski definition) is 3. The molecule has 0 bridgehead atoms. The fourth-order valence-corrected chi connectivity index (χ4v) is 3.38. The summed E-state index contributed by atoms with van der Waals surface area (Å²) < 4.78 is 0. The molecule has 2 unspecified atom stereocenters. The molecule has 1 fully saturated rings. The van der Waals surface area contributed by atoms with Crippen LogP contribution in [0.1, 0.15) is 45.2 Å². The monoisotopic (exact) mass is 361 g/mol. The maximum Gasteiger partial charge on any atom is 0.404 e. The minimum Gasteiger partial charge on any atom is -0.465 e. The Bertz CT molecular complexity index is 622. The van der Waals surface area contributed by atoms with Gasteiger partial charge in [-0.15, -0.1) is 0 Å². The molecule has 6 nitrogen and oxygen atoms in total. The van der Waals surface area contributed by atoms with E-state index in [1.54, 1.807) is 6.92 Å². The Labute approximate surface area is 156 Å².